The zero-order valence-corrected chi connectivity index (χ0v) is 20.0. The molecule has 1 saturated heterocycles. The Morgan fingerprint density at radius 2 is 1.94 bits per heavy atom. The summed E-state index contributed by atoms with van der Waals surface area (Å²) in [6.07, 6.45) is 1.95. The van der Waals surface area contributed by atoms with Gasteiger partial charge in [0, 0.05) is 51.5 Å². The number of nitrogens with zero attached hydrogens (tertiary/aromatic N) is 4. The highest BCUT2D eigenvalue weighted by Crippen LogP contribution is 2.31. The van der Waals surface area contributed by atoms with E-state index in [0.717, 1.165) is 61.9 Å². The van der Waals surface area contributed by atoms with Gasteiger partial charge in [-0.25, -0.2) is 14.4 Å². The Morgan fingerprint density at radius 3 is 2.62 bits per heavy atom. The summed E-state index contributed by atoms with van der Waals surface area (Å²) in [4.78, 5) is 14.5. The maximum Gasteiger partial charge on any atom is 0.172 e. The molecule has 3 heterocycles. The average Bonchev–Trinajstić information content (AvgIpc) is 2.75. The number of anilines is 2. The molecule has 2 aliphatic rings. The zero-order chi connectivity index (χ0) is 22.8. The van der Waals surface area contributed by atoms with Crippen molar-refractivity contribution in [1.82, 2.24) is 14.9 Å². The fourth-order valence-corrected chi connectivity index (χ4v) is 4.49. The van der Waals surface area contributed by atoms with E-state index in [1.807, 2.05) is 0 Å². The molecule has 7 heteroatoms. The van der Waals surface area contributed by atoms with Crippen molar-refractivity contribution in [3.8, 4) is 5.75 Å². The lowest BCUT2D eigenvalue weighted by molar-refractivity contribution is 0.169. The number of hydrogen-bond donors (Lipinski definition) is 1. The molecule has 0 bridgehead atoms. The Kier molecular flexibility index (Phi) is 6.84. The molecule has 174 valence electrons. The first-order valence-corrected chi connectivity index (χ1v) is 11.8. The van der Waals surface area contributed by atoms with E-state index in [9.17, 15) is 4.39 Å². The highest BCUT2D eigenvalue weighted by Gasteiger charge is 2.28. The summed E-state index contributed by atoms with van der Waals surface area (Å²) < 4.78 is 19.9. The van der Waals surface area contributed by atoms with Gasteiger partial charge in [0.2, 0.25) is 0 Å². The molecule has 2 unspecified atom stereocenters. The Morgan fingerprint density at radius 1 is 1.19 bits per heavy atom. The average molecular weight is 442 g/mol. The first kappa shape index (κ1) is 22.8. The fraction of sp³-hybridized carbons (Fsp3) is 0.600. The maximum absolute atomic E-state index is 13.6. The van der Waals surface area contributed by atoms with Crippen molar-refractivity contribution in [2.45, 2.75) is 71.8 Å². The number of fused-ring (bicyclic) bond motifs is 1. The number of likely N-dealkylation sites (N-methyl/N-ethyl adjacent to an activating group) is 1. The number of halogens is 1. The third kappa shape index (κ3) is 5.14. The number of aromatic nitrogens is 2. The molecule has 0 aliphatic carbocycles. The lowest BCUT2D eigenvalue weighted by atomic mass is 10.0. The number of alkyl halides is 1. The second-order valence-electron chi connectivity index (χ2n) is 9.49. The molecule has 2 aromatic rings. The molecule has 6 nitrogen and oxygen atoms in total. The van der Waals surface area contributed by atoms with E-state index in [-0.39, 0.29) is 12.6 Å². The van der Waals surface area contributed by atoms with E-state index in [1.165, 1.54) is 11.1 Å². The van der Waals surface area contributed by atoms with Crippen molar-refractivity contribution < 1.29 is 9.13 Å². The highest BCUT2D eigenvalue weighted by atomic mass is 19.1. The molecule has 1 aromatic heterocycles. The van der Waals surface area contributed by atoms with Gasteiger partial charge in [-0.05, 0) is 46.4 Å². The van der Waals surface area contributed by atoms with Gasteiger partial charge in [0.1, 0.15) is 18.0 Å². The SMILES string of the molecule is Cc1ccc(OC2CCN(c3nc4c(nc3NCC(C)F)CC(C)N(C)C4)CC2)c(C)c1. The molecule has 0 spiro atoms. The van der Waals surface area contributed by atoms with E-state index in [0.29, 0.717) is 11.9 Å². The second-order valence-corrected chi connectivity index (χ2v) is 9.49. The Hall–Kier alpha value is -2.41. The van der Waals surface area contributed by atoms with Crippen LogP contribution in [0.15, 0.2) is 18.2 Å². The zero-order valence-electron chi connectivity index (χ0n) is 20.0. The summed E-state index contributed by atoms with van der Waals surface area (Å²) in [5.41, 5.74) is 4.49. The van der Waals surface area contributed by atoms with Crippen molar-refractivity contribution >= 4 is 11.6 Å². The minimum absolute atomic E-state index is 0.187. The van der Waals surface area contributed by atoms with Gasteiger partial charge in [0.15, 0.2) is 11.6 Å². The van der Waals surface area contributed by atoms with Crippen LogP contribution in [0, 0.1) is 13.8 Å². The van der Waals surface area contributed by atoms with Gasteiger partial charge < -0.3 is 15.0 Å². The molecular formula is C25H36FN5O. The summed E-state index contributed by atoms with van der Waals surface area (Å²) >= 11 is 0. The number of aryl methyl sites for hydroxylation is 2. The molecule has 32 heavy (non-hydrogen) atoms. The predicted octanol–water partition coefficient (Wildman–Crippen LogP) is 4.29. The summed E-state index contributed by atoms with van der Waals surface area (Å²) in [6, 6.07) is 6.76. The standard InChI is InChI=1S/C25H36FN5O/c1-16-6-7-23(17(2)12-16)32-20-8-10-31(11-9-20)25-24(27-14-18(3)26)28-21-13-19(4)30(5)15-22(21)29-25/h6-7,12,18-20H,8-11,13-15H2,1-5H3,(H,27,28). The van der Waals surface area contributed by atoms with E-state index in [2.05, 4.69) is 61.1 Å². The summed E-state index contributed by atoms with van der Waals surface area (Å²) in [6.45, 7) is 10.7. The number of ether oxygens (including phenoxy) is 1. The number of benzene rings is 1. The van der Waals surface area contributed by atoms with Crippen LogP contribution in [0.2, 0.25) is 0 Å². The first-order valence-electron chi connectivity index (χ1n) is 11.8. The third-order valence-electron chi connectivity index (χ3n) is 6.59. The Bertz CT molecular complexity index is 942. The van der Waals surface area contributed by atoms with Crippen LogP contribution >= 0.6 is 0 Å². The minimum atomic E-state index is -0.942. The van der Waals surface area contributed by atoms with E-state index in [1.54, 1.807) is 6.92 Å². The van der Waals surface area contributed by atoms with Crippen LogP contribution in [0.3, 0.4) is 0 Å². The maximum atomic E-state index is 13.6. The van der Waals surface area contributed by atoms with Crippen LogP contribution < -0.4 is 15.0 Å². The minimum Gasteiger partial charge on any atom is -0.490 e. The van der Waals surface area contributed by atoms with Gasteiger partial charge in [-0.15, -0.1) is 0 Å². The second kappa shape index (κ2) is 9.61. The predicted molar refractivity (Wildman–Crippen MR) is 128 cm³/mol. The van der Waals surface area contributed by atoms with E-state index < -0.39 is 6.17 Å². The quantitative estimate of drug-likeness (QED) is 0.722. The van der Waals surface area contributed by atoms with Crippen molar-refractivity contribution in [3.63, 3.8) is 0 Å². The van der Waals surface area contributed by atoms with E-state index in [4.69, 9.17) is 14.7 Å². The van der Waals surface area contributed by atoms with Gasteiger partial charge in [-0.3, -0.25) is 4.90 Å². The van der Waals surface area contributed by atoms with Crippen LogP contribution in [0.25, 0.3) is 0 Å². The fourth-order valence-electron chi connectivity index (χ4n) is 4.49. The Labute approximate surface area is 191 Å². The molecule has 2 aliphatic heterocycles. The van der Waals surface area contributed by atoms with Crippen LogP contribution in [0.5, 0.6) is 5.75 Å². The summed E-state index contributed by atoms with van der Waals surface area (Å²) in [5.74, 6) is 2.52. The summed E-state index contributed by atoms with van der Waals surface area (Å²) in [7, 11) is 2.13. The molecular weight excluding hydrogens is 405 g/mol. The number of nitrogens with one attached hydrogen (secondary N) is 1. The third-order valence-corrected chi connectivity index (χ3v) is 6.59. The molecule has 2 atom stereocenters. The molecule has 4 rings (SSSR count). The molecule has 1 N–H and O–H groups in total. The lowest BCUT2D eigenvalue weighted by Crippen LogP contribution is -2.41. The monoisotopic (exact) mass is 441 g/mol. The van der Waals surface area contributed by atoms with Crippen molar-refractivity contribution in [1.29, 1.82) is 0 Å². The van der Waals surface area contributed by atoms with Gasteiger partial charge in [-0.1, -0.05) is 17.7 Å². The van der Waals surface area contributed by atoms with Gasteiger partial charge >= 0.3 is 0 Å². The number of hydrogen-bond acceptors (Lipinski definition) is 6. The number of piperidine rings is 1. The van der Waals surface area contributed by atoms with Crippen LogP contribution in [0.1, 0.15) is 49.2 Å². The van der Waals surface area contributed by atoms with Crippen LogP contribution in [0.4, 0.5) is 16.0 Å². The van der Waals surface area contributed by atoms with Gasteiger partial charge in [0.25, 0.3) is 0 Å². The molecule has 1 fully saturated rings. The largest absolute Gasteiger partial charge is 0.490 e. The molecule has 0 radical (unpaired) electrons. The molecule has 0 amide bonds. The van der Waals surface area contributed by atoms with Crippen molar-refractivity contribution in [3.05, 3.63) is 40.7 Å². The summed E-state index contributed by atoms with van der Waals surface area (Å²) in [5, 5.41) is 3.21. The normalized spacial score (nSPS) is 20.7. The molecule has 1 aromatic carbocycles. The first-order chi connectivity index (χ1) is 15.3. The van der Waals surface area contributed by atoms with Gasteiger partial charge in [0.05, 0.1) is 11.4 Å². The van der Waals surface area contributed by atoms with Gasteiger partial charge in [-0.2, -0.15) is 0 Å². The topological polar surface area (TPSA) is 53.5 Å². The smallest absolute Gasteiger partial charge is 0.172 e. The van der Waals surface area contributed by atoms with Crippen molar-refractivity contribution in [2.24, 2.45) is 0 Å². The van der Waals surface area contributed by atoms with Crippen LogP contribution in [-0.2, 0) is 13.0 Å². The highest BCUT2D eigenvalue weighted by molar-refractivity contribution is 5.62. The molecule has 0 saturated carbocycles. The van der Waals surface area contributed by atoms with E-state index >= 15 is 0 Å². The van der Waals surface area contributed by atoms with Crippen molar-refractivity contribution in [2.75, 3.05) is 36.9 Å². The number of rotatable bonds is 6. The van der Waals surface area contributed by atoms with Crippen LogP contribution in [-0.4, -0.2) is 59.9 Å². The lowest BCUT2D eigenvalue weighted by Gasteiger charge is -2.36. The Balaban J connectivity index is 1.49.